The summed E-state index contributed by atoms with van der Waals surface area (Å²) in [6, 6.07) is 20.9. The van der Waals surface area contributed by atoms with Crippen molar-refractivity contribution in [3.8, 4) is 17.1 Å². The van der Waals surface area contributed by atoms with E-state index in [4.69, 9.17) is 4.74 Å². The molecule has 1 N–H and O–H groups in total. The van der Waals surface area contributed by atoms with Crippen LogP contribution in [0.3, 0.4) is 0 Å². The lowest BCUT2D eigenvalue weighted by Crippen LogP contribution is -2.17. The summed E-state index contributed by atoms with van der Waals surface area (Å²) in [5, 5.41) is 4.06. The van der Waals surface area contributed by atoms with Gasteiger partial charge in [0.2, 0.25) is 0 Å². The highest BCUT2D eigenvalue weighted by molar-refractivity contribution is 5.95. The molecule has 2 aromatic heterocycles. The van der Waals surface area contributed by atoms with Gasteiger partial charge in [-0.25, -0.2) is 5.43 Å². The van der Waals surface area contributed by atoms with E-state index in [1.54, 1.807) is 25.5 Å². The van der Waals surface area contributed by atoms with Crippen LogP contribution in [0.4, 0.5) is 0 Å². The number of nitrogens with zero attached hydrogens (tertiary/aromatic N) is 3. The lowest BCUT2D eigenvalue weighted by atomic mass is 10.2. The lowest BCUT2D eigenvalue weighted by Gasteiger charge is -2.04. The summed E-state index contributed by atoms with van der Waals surface area (Å²) in [5.74, 6) is 0.557. The first-order chi connectivity index (χ1) is 14.2. The Bertz CT molecular complexity index is 1110. The predicted octanol–water partition coefficient (Wildman–Crippen LogP) is 4.04. The molecule has 0 spiro atoms. The van der Waals surface area contributed by atoms with Gasteiger partial charge in [0.15, 0.2) is 0 Å². The van der Waals surface area contributed by atoms with Gasteiger partial charge in [0.25, 0.3) is 5.91 Å². The number of amides is 1. The van der Waals surface area contributed by atoms with Crippen LogP contribution in [0.2, 0.25) is 0 Å². The van der Waals surface area contributed by atoms with Crippen LogP contribution in [0, 0.1) is 0 Å². The van der Waals surface area contributed by atoms with E-state index in [-0.39, 0.29) is 5.91 Å². The fourth-order valence-electron chi connectivity index (χ4n) is 2.93. The number of ether oxygens (including phenoxy) is 1. The molecule has 0 atom stereocenters. The fraction of sp³-hybridized carbons (Fsp3) is 0.0435. The minimum Gasteiger partial charge on any atom is -0.497 e. The first-order valence-corrected chi connectivity index (χ1v) is 9.12. The van der Waals surface area contributed by atoms with E-state index in [0.29, 0.717) is 5.56 Å². The van der Waals surface area contributed by atoms with E-state index < -0.39 is 0 Å². The topological polar surface area (TPSA) is 60.5 Å². The zero-order valence-electron chi connectivity index (χ0n) is 15.9. The molecule has 29 heavy (non-hydrogen) atoms. The summed E-state index contributed by atoms with van der Waals surface area (Å²) >= 11 is 0. The third-order valence-corrected chi connectivity index (χ3v) is 4.50. The van der Waals surface area contributed by atoms with E-state index in [1.165, 1.54) is 0 Å². The monoisotopic (exact) mass is 384 g/mol. The van der Waals surface area contributed by atoms with Crippen LogP contribution >= 0.6 is 0 Å². The van der Waals surface area contributed by atoms with Gasteiger partial charge in [-0.15, -0.1) is 0 Å². The summed E-state index contributed by atoms with van der Waals surface area (Å²) in [4.78, 5) is 12.3. The molecule has 0 bridgehead atoms. The molecule has 0 aliphatic heterocycles. The van der Waals surface area contributed by atoms with E-state index in [2.05, 4.69) is 10.5 Å². The standard InChI is InChI=1S/C23H20N4O2/c1-29-22-10-8-21(9-11-22)27-15-12-18(17-27)16-24-25-23(28)19-4-6-20(7-5-19)26-13-2-3-14-26/h2-17H,1H3,(H,25,28)/b24-16+. The minimum atomic E-state index is -0.255. The number of methoxy groups -OCH3 is 1. The molecular formula is C23H20N4O2. The van der Waals surface area contributed by atoms with Crippen molar-refractivity contribution < 1.29 is 9.53 Å². The highest BCUT2D eigenvalue weighted by Crippen LogP contribution is 2.15. The molecule has 4 aromatic rings. The number of rotatable bonds is 6. The number of benzene rings is 2. The van der Waals surface area contributed by atoms with Crippen molar-refractivity contribution in [2.24, 2.45) is 5.10 Å². The number of nitrogens with one attached hydrogen (secondary N) is 1. The van der Waals surface area contributed by atoms with Crippen LogP contribution in [0.25, 0.3) is 11.4 Å². The predicted molar refractivity (Wildman–Crippen MR) is 113 cm³/mol. The van der Waals surface area contributed by atoms with E-state index in [0.717, 1.165) is 22.7 Å². The zero-order chi connectivity index (χ0) is 20.1. The van der Waals surface area contributed by atoms with Gasteiger partial charge in [0.05, 0.1) is 13.3 Å². The average molecular weight is 384 g/mol. The minimum absolute atomic E-state index is 0.255. The normalized spacial score (nSPS) is 10.9. The summed E-state index contributed by atoms with van der Waals surface area (Å²) in [7, 11) is 1.64. The second-order valence-electron chi connectivity index (χ2n) is 6.39. The third kappa shape index (κ3) is 4.27. The number of hydrogen-bond donors (Lipinski definition) is 1. The molecule has 1 amide bonds. The second kappa shape index (κ2) is 8.31. The van der Waals surface area contributed by atoms with Crippen molar-refractivity contribution in [3.05, 3.63) is 103 Å². The fourth-order valence-corrected chi connectivity index (χ4v) is 2.93. The molecule has 2 aromatic carbocycles. The lowest BCUT2D eigenvalue weighted by molar-refractivity contribution is 0.0955. The maximum absolute atomic E-state index is 12.3. The van der Waals surface area contributed by atoms with Crippen molar-refractivity contribution in [1.82, 2.24) is 14.6 Å². The van der Waals surface area contributed by atoms with E-state index >= 15 is 0 Å². The first kappa shape index (κ1) is 18.3. The van der Waals surface area contributed by atoms with E-state index in [1.807, 2.05) is 88.5 Å². The highest BCUT2D eigenvalue weighted by Gasteiger charge is 2.05. The van der Waals surface area contributed by atoms with Crippen molar-refractivity contribution in [2.45, 2.75) is 0 Å². The van der Waals surface area contributed by atoms with Crippen LogP contribution in [0.1, 0.15) is 15.9 Å². The van der Waals surface area contributed by atoms with Gasteiger partial charge >= 0.3 is 0 Å². The Balaban J connectivity index is 1.37. The Morgan fingerprint density at radius 1 is 0.897 bits per heavy atom. The number of hydrazone groups is 1. The largest absolute Gasteiger partial charge is 0.497 e. The van der Waals surface area contributed by atoms with Crippen molar-refractivity contribution in [2.75, 3.05) is 7.11 Å². The quantitative estimate of drug-likeness (QED) is 0.403. The maximum Gasteiger partial charge on any atom is 0.271 e. The molecule has 0 aliphatic rings. The van der Waals surface area contributed by atoms with Gasteiger partial charge in [0, 0.05) is 47.3 Å². The van der Waals surface area contributed by atoms with Gasteiger partial charge in [-0.2, -0.15) is 5.10 Å². The summed E-state index contributed by atoms with van der Waals surface area (Å²) in [6.45, 7) is 0. The highest BCUT2D eigenvalue weighted by atomic mass is 16.5. The number of aromatic nitrogens is 2. The van der Waals surface area contributed by atoms with E-state index in [9.17, 15) is 4.79 Å². The molecule has 144 valence electrons. The SMILES string of the molecule is COc1ccc(-n2ccc(/C=N/NC(=O)c3ccc(-n4cccc4)cc3)c2)cc1. The first-order valence-electron chi connectivity index (χ1n) is 9.12. The number of hydrogen-bond acceptors (Lipinski definition) is 3. The van der Waals surface area contributed by atoms with Gasteiger partial charge in [-0.05, 0) is 66.7 Å². The van der Waals surface area contributed by atoms with Crippen LogP contribution in [-0.4, -0.2) is 28.4 Å². The smallest absolute Gasteiger partial charge is 0.271 e. The maximum atomic E-state index is 12.3. The summed E-state index contributed by atoms with van der Waals surface area (Å²) in [6.07, 6.45) is 9.40. The summed E-state index contributed by atoms with van der Waals surface area (Å²) < 4.78 is 9.13. The Morgan fingerprint density at radius 2 is 1.55 bits per heavy atom. The molecule has 0 radical (unpaired) electrons. The molecule has 0 fully saturated rings. The van der Waals surface area contributed by atoms with Gasteiger partial charge in [-0.3, -0.25) is 4.79 Å². The van der Waals surface area contributed by atoms with Gasteiger partial charge < -0.3 is 13.9 Å². The van der Waals surface area contributed by atoms with Crippen LogP contribution in [0.5, 0.6) is 5.75 Å². The number of carbonyl (C=O) groups excluding carboxylic acids is 1. The molecule has 4 rings (SSSR count). The van der Waals surface area contributed by atoms with Crippen LogP contribution in [-0.2, 0) is 0 Å². The van der Waals surface area contributed by atoms with Gasteiger partial charge in [-0.1, -0.05) is 0 Å². The Kier molecular flexibility index (Phi) is 5.25. The van der Waals surface area contributed by atoms with Crippen molar-refractivity contribution >= 4 is 12.1 Å². The molecule has 2 heterocycles. The van der Waals surface area contributed by atoms with Crippen molar-refractivity contribution in [1.29, 1.82) is 0 Å². The number of carbonyl (C=O) groups is 1. The molecule has 0 aliphatic carbocycles. The zero-order valence-corrected chi connectivity index (χ0v) is 15.9. The molecule has 6 heteroatoms. The summed E-state index contributed by atoms with van der Waals surface area (Å²) in [5.41, 5.74) is 6.00. The third-order valence-electron chi connectivity index (χ3n) is 4.50. The average Bonchev–Trinajstić information content (AvgIpc) is 3.46. The molecule has 0 saturated heterocycles. The Morgan fingerprint density at radius 3 is 2.24 bits per heavy atom. The van der Waals surface area contributed by atoms with Crippen molar-refractivity contribution in [3.63, 3.8) is 0 Å². The second-order valence-corrected chi connectivity index (χ2v) is 6.39. The molecule has 0 unspecified atom stereocenters. The molecule has 6 nitrogen and oxygen atoms in total. The van der Waals surface area contributed by atoms with Gasteiger partial charge in [0.1, 0.15) is 5.75 Å². The molecular weight excluding hydrogens is 364 g/mol. The Hall–Kier alpha value is -4.06. The molecule has 0 saturated carbocycles. The van der Waals surface area contributed by atoms with Crippen LogP contribution < -0.4 is 10.2 Å². The van der Waals surface area contributed by atoms with Crippen LogP contribution in [0.15, 0.2) is 96.6 Å². The Labute approximate surface area is 168 Å².